The summed E-state index contributed by atoms with van der Waals surface area (Å²) in [5.41, 5.74) is 0.839. The van der Waals surface area contributed by atoms with Gasteiger partial charge in [0.25, 0.3) is 0 Å². The standard InChI is InChI=1S/C15H18N2O5/c1-2-21-13(18)10-16-8-9-17(14(16)19)15(20)22-11-12-6-4-3-5-7-12/h3-7H,2,8-11H2,1H3. The van der Waals surface area contributed by atoms with Crippen LogP contribution in [0.3, 0.4) is 0 Å². The maximum Gasteiger partial charge on any atom is 0.418 e. The third-order valence-corrected chi connectivity index (χ3v) is 3.15. The molecule has 7 heteroatoms. The molecule has 1 fully saturated rings. The second-order valence-corrected chi connectivity index (χ2v) is 4.70. The predicted octanol–water partition coefficient (Wildman–Crippen LogP) is 1.62. The fraction of sp³-hybridized carbons (Fsp3) is 0.400. The molecule has 0 saturated carbocycles. The van der Waals surface area contributed by atoms with Crippen LogP contribution in [0.1, 0.15) is 12.5 Å². The first kappa shape index (κ1) is 15.8. The fourth-order valence-electron chi connectivity index (χ4n) is 2.06. The molecule has 0 aromatic heterocycles. The van der Waals surface area contributed by atoms with Crippen molar-refractivity contribution in [2.45, 2.75) is 13.5 Å². The van der Waals surface area contributed by atoms with Crippen molar-refractivity contribution in [3.05, 3.63) is 35.9 Å². The molecular weight excluding hydrogens is 288 g/mol. The highest BCUT2D eigenvalue weighted by molar-refractivity contribution is 5.94. The van der Waals surface area contributed by atoms with Crippen LogP contribution in [0.5, 0.6) is 0 Å². The minimum Gasteiger partial charge on any atom is -0.465 e. The summed E-state index contributed by atoms with van der Waals surface area (Å²) < 4.78 is 9.89. The van der Waals surface area contributed by atoms with Crippen molar-refractivity contribution in [3.63, 3.8) is 0 Å². The number of rotatable bonds is 5. The zero-order valence-electron chi connectivity index (χ0n) is 12.4. The number of imide groups is 1. The highest BCUT2D eigenvalue weighted by atomic mass is 16.6. The normalized spacial score (nSPS) is 14.1. The summed E-state index contributed by atoms with van der Waals surface area (Å²) in [6.07, 6.45) is -0.708. The lowest BCUT2D eigenvalue weighted by Crippen LogP contribution is -2.38. The second-order valence-electron chi connectivity index (χ2n) is 4.70. The molecule has 0 unspecified atom stereocenters. The SMILES string of the molecule is CCOC(=O)CN1CCN(C(=O)OCc2ccccc2)C1=O. The maximum absolute atomic E-state index is 12.0. The Morgan fingerprint density at radius 1 is 1.14 bits per heavy atom. The van der Waals surface area contributed by atoms with E-state index in [4.69, 9.17) is 9.47 Å². The van der Waals surface area contributed by atoms with Gasteiger partial charge < -0.3 is 14.4 Å². The predicted molar refractivity (Wildman–Crippen MR) is 76.9 cm³/mol. The summed E-state index contributed by atoms with van der Waals surface area (Å²) in [5, 5.41) is 0. The van der Waals surface area contributed by atoms with Crippen molar-refractivity contribution >= 4 is 18.1 Å². The number of benzene rings is 1. The van der Waals surface area contributed by atoms with E-state index in [1.807, 2.05) is 30.3 Å². The van der Waals surface area contributed by atoms with E-state index in [2.05, 4.69) is 0 Å². The summed E-state index contributed by atoms with van der Waals surface area (Å²) in [7, 11) is 0. The Bertz CT molecular complexity index is 546. The molecule has 1 heterocycles. The van der Waals surface area contributed by atoms with Gasteiger partial charge in [0.2, 0.25) is 0 Å². The number of ether oxygens (including phenoxy) is 2. The summed E-state index contributed by atoms with van der Waals surface area (Å²) >= 11 is 0. The average molecular weight is 306 g/mol. The van der Waals surface area contributed by atoms with Crippen LogP contribution in [-0.4, -0.2) is 54.1 Å². The van der Waals surface area contributed by atoms with Gasteiger partial charge in [0.1, 0.15) is 13.2 Å². The van der Waals surface area contributed by atoms with Gasteiger partial charge in [-0.2, -0.15) is 0 Å². The van der Waals surface area contributed by atoms with E-state index in [-0.39, 0.29) is 32.8 Å². The molecule has 7 nitrogen and oxygen atoms in total. The van der Waals surface area contributed by atoms with Gasteiger partial charge >= 0.3 is 18.1 Å². The number of carbonyl (C=O) groups excluding carboxylic acids is 3. The zero-order valence-corrected chi connectivity index (χ0v) is 12.4. The summed E-state index contributed by atoms with van der Waals surface area (Å²) in [6, 6.07) is 8.66. The lowest BCUT2D eigenvalue weighted by atomic mass is 10.2. The van der Waals surface area contributed by atoms with Gasteiger partial charge in [-0.25, -0.2) is 14.5 Å². The molecule has 0 spiro atoms. The van der Waals surface area contributed by atoms with E-state index < -0.39 is 18.1 Å². The molecule has 1 aliphatic rings. The van der Waals surface area contributed by atoms with Gasteiger partial charge in [-0.05, 0) is 12.5 Å². The molecule has 3 amide bonds. The van der Waals surface area contributed by atoms with Crippen molar-refractivity contribution in [3.8, 4) is 0 Å². The molecule has 1 saturated heterocycles. The van der Waals surface area contributed by atoms with Crippen molar-refractivity contribution < 1.29 is 23.9 Å². The van der Waals surface area contributed by atoms with E-state index >= 15 is 0 Å². The molecule has 118 valence electrons. The Kier molecular flexibility index (Phi) is 5.35. The molecule has 1 aliphatic heterocycles. The number of urea groups is 1. The van der Waals surface area contributed by atoms with E-state index in [0.717, 1.165) is 10.5 Å². The number of nitrogens with zero attached hydrogens (tertiary/aromatic N) is 2. The van der Waals surface area contributed by atoms with Crippen molar-refractivity contribution in [2.75, 3.05) is 26.2 Å². The Hall–Kier alpha value is -2.57. The Morgan fingerprint density at radius 2 is 1.86 bits per heavy atom. The second kappa shape index (κ2) is 7.44. The number of hydrogen-bond acceptors (Lipinski definition) is 5. The van der Waals surface area contributed by atoms with E-state index in [1.54, 1.807) is 6.92 Å². The molecule has 22 heavy (non-hydrogen) atoms. The van der Waals surface area contributed by atoms with Crippen LogP contribution in [0.25, 0.3) is 0 Å². The number of esters is 1. The smallest absolute Gasteiger partial charge is 0.418 e. The first-order valence-electron chi connectivity index (χ1n) is 7.04. The quantitative estimate of drug-likeness (QED) is 0.773. The molecule has 1 aromatic rings. The van der Waals surface area contributed by atoms with Gasteiger partial charge in [0.05, 0.1) is 13.2 Å². The lowest BCUT2D eigenvalue weighted by Gasteiger charge is -2.16. The van der Waals surface area contributed by atoms with Gasteiger partial charge in [-0.15, -0.1) is 0 Å². The topological polar surface area (TPSA) is 76.2 Å². The third kappa shape index (κ3) is 3.97. The number of amides is 3. The monoisotopic (exact) mass is 306 g/mol. The first-order valence-corrected chi connectivity index (χ1v) is 7.04. The summed E-state index contributed by atoms with van der Waals surface area (Å²) in [6.45, 7) is 2.38. The minimum absolute atomic E-state index is 0.0985. The van der Waals surface area contributed by atoms with Crippen LogP contribution in [0.15, 0.2) is 30.3 Å². The van der Waals surface area contributed by atoms with Crippen LogP contribution in [0, 0.1) is 0 Å². The molecule has 1 aromatic carbocycles. The molecule has 0 atom stereocenters. The Labute approximate surface area is 128 Å². The van der Waals surface area contributed by atoms with E-state index in [1.165, 1.54) is 4.90 Å². The zero-order chi connectivity index (χ0) is 15.9. The minimum atomic E-state index is -0.708. The van der Waals surface area contributed by atoms with Crippen molar-refractivity contribution in [2.24, 2.45) is 0 Å². The van der Waals surface area contributed by atoms with Gasteiger partial charge in [-0.3, -0.25) is 4.79 Å². The molecule has 0 aliphatic carbocycles. The van der Waals surface area contributed by atoms with Crippen LogP contribution in [0.4, 0.5) is 9.59 Å². The van der Waals surface area contributed by atoms with Crippen LogP contribution in [-0.2, 0) is 20.9 Å². The van der Waals surface area contributed by atoms with Gasteiger partial charge in [-0.1, -0.05) is 30.3 Å². The van der Waals surface area contributed by atoms with E-state index in [9.17, 15) is 14.4 Å². The van der Waals surface area contributed by atoms with Crippen molar-refractivity contribution in [1.82, 2.24) is 9.80 Å². The highest BCUT2D eigenvalue weighted by Gasteiger charge is 2.35. The molecule has 2 rings (SSSR count). The highest BCUT2D eigenvalue weighted by Crippen LogP contribution is 2.11. The van der Waals surface area contributed by atoms with Gasteiger partial charge in [0.15, 0.2) is 0 Å². The molecule has 0 bridgehead atoms. The summed E-state index contributed by atoms with van der Waals surface area (Å²) in [4.78, 5) is 37.6. The van der Waals surface area contributed by atoms with Gasteiger partial charge in [0, 0.05) is 6.54 Å². The Balaban J connectivity index is 1.84. The largest absolute Gasteiger partial charge is 0.465 e. The Morgan fingerprint density at radius 3 is 2.55 bits per heavy atom. The lowest BCUT2D eigenvalue weighted by molar-refractivity contribution is -0.143. The third-order valence-electron chi connectivity index (χ3n) is 3.15. The maximum atomic E-state index is 12.0. The van der Waals surface area contributed by atoms with E-state index in [0.29, 0.717) is 0 Å². The number of hydrogen-bond donors (Lipinski definition) is 0. The van der Waals surface area contributed by atoms with Crippen LogP contribution in [0.2, 0.25) is 0 Å². The number of carbonyl (C=O) groups is 3. The average Bonchev–Trinajstić information content (AvgIpc) is 2.87. The van der Waals surface area contributed by atoms with Crippen LogP contribution >= 0.6 is 0 Å². The summed E-state index contributed by atoms with van der Waals surface area (Å²) in [5.74, 6) is -0.490. The molecule has 0 radical (unpaired) electrons. The fourth-order valence-corrected chi connectivity index (χ4v) is 2.06. The van der Waals surface area contributed by atoms with Crippen LogP contribution < -0.4 is 0 Å². The molecule has 0 N–H and O–H groups in total. The molecular formula is C15H18N2O5. The first-order chi connectivity index (χ1) is 10.6. The van der Waals surface area contributed by atoms with Crippen molar-refractivity contribution in [1.29, 1.82) is 0 Å².